The maximum Gasteiger partial charge on any atom is 0.130 e. The zero-order chi connectivity index (χ0) is 18.2. The van der Waals surface area contributed by atoms with Gasteiger partial charge in [0.2, 0.25) is 0 Å². The maximum absolute atomic E-state index is 13.7. The highest BCUT2D eigenvalue weighted by molar-refractivity contribution is 5.57. The predicted octanol–water partition coefficient (Wildman–Crippen LogP) is 3.93. The number of pyridine rings is 1. The van der Waals surface area contributed by atoms with Crippen LogP contribution in [0.4, 0.5) is 21.6 Å². The Hall–Kier alpha value is -2.30. The van der Waals surface area contributed by atoms with Gasteiger partial charge in [0.05, 0.1) is 6.04 Å². The van der Waals surface area contributed by atoms with Crippen molar-refractivity contribution in [2.45, 2.75) is 31.7 Å². The van der Waals surface area contributed by atoms with Gasteiger partial charge in [0.15, 0.2) is 0 Å². The van der Waals surface area contributed by atoms with Gasteiger partial charge in [-0.05, 0) is 49.9 Å². The summed E-state index contributed by atoms with van der Waals surface area (Å²) in [5.41, 5.74) is 2.32. The van der Waals surface area contributed by atoms with E-state index in [1.165, 1.54) is 37.4 Å². The van der Waals surface area contributed by atoms with E-state index in [9.17, 15) is 4.39 Å². The van der Waals surface area contributed by atoms with Gasteiger partial charge in [0.25, 0.3) is 0 Å². The Morgan fingerprint density at radius 3 is 2.63 bits per heavy atom. The summed E-state index contributed by atoms with van der Waals surface area (Å²) in [6.45, 7) is 5.35. The van der Waals surface area contributed by atoms with Crippen molar-refractivity contribution < 1.29 is 4.39 Å². The summed E-state index contributed by atoms with van der Waals surface area (Å²) in [7, 11) is 0. The summed E-state index contributed by atoms with van der Waals surface area (Å²) in [5.74, 6) is 1.57. The van der Waals surface area contributed by atoms with Crippen LogP contribution in [0.25, 0.3) is 0 Å². The lowest BCUT2D eigenvalue weighted by molar-refractivity contribution is 0.577. The number of halogens is 1. The Morgan fingerprint density at radius 2 is 1.78 bits per heavy atom. The highest BCUT2D eigenvalue weighted by Crippen LogP contribution is 2.37. The molecule has 1 aromatic carbocycles. The molecular weight excluding hydrogens is 339 g/mol. The third kappa shape index (κ3) is 3.24. The fourth-order valence-electron chi connectivity index (χ4n) is 5.05. The standard InChI is InChI=1S/C22H27FN4/c23-18-5-4-6-20(13-18)27-12-8-17-15-26(16-21(17)27)22-14-19(7-9-24-22)25-10-2-1-3-11-25/h4-7,9,13-14,17,21H,1-3,8,10-12,15-16H2/t17-,21+/m1/s1. The zero-order valence-electron chi connectivity index (χ0n) is 15.7. The Morgan fingerprint density at radius 1 is 0.889 bits per heavy atom. The molecule has 2 atom stereocenters. The molecule has 3 saturated heterocycles. The van der Waals surface area contributed by atoms with Crippen LogP contribution in [0.15, 0.2) is 42.6 Å². The number of anilines is 3. The highest BCUT2D eigenvalue weighted by Gasteiger charge is 2.41. The number of rotatable bonds is 3. The van der Waals surface area contributed by atoms with E-state index in [4.69, 9.17) is 0 Å². The van der Waals surface area contributed by atoms with Gasteiger partial charge >= 0.3 is 0 Å². The third-order valence-electron chi connectivity index (χ3n) is 6.46. The summed E-state index contributed by atoms with van der Waals surface area (Å²) in [6, 6.07) is 11.9. The number of hydrogen-bond acceptors (Lipinski definition) is 4. The molecule has 1 aromatic heterocycles. The summed E-state index contributed by atoms with van der Waals surface area (Å²) in [5, 5.41) is 0. The van der Waals surface area contributed by atoms with Crippen LogP contribution in [0.1, 0.15) is 25.7 Å². The largest absolute Gasteiger partial charge is 0.371 e. The number of hydrogen-bond donors (Lipinski definition) is 0. The summed E-state index contributed by atoms with van der Waals surface area (Å²) < 4.78 is 13.7. The first-order chi connectivity index (χ1) is 13.3. The van der Waals surface area contributed by atoms with Gasteiger partial charge in [-0.3, -0.25) is 0 Å². The Bertz CT molecular complexity index is 804. The van der Waals surface area contributed by atoms with E-state index in [0.29, 0.717) is 12.0 Å². The molecule has 0 unspecified atom stereocenters. The first-order valence-corrected chi connectivity index (χ1v) is 10.3. The van der Waals surface area contributed by atoms with E-state index in [2.05, 4.69) is 31.8 Å². The first kappa shape index (κ1) is 16.8. The van der Waals surface area contributed by atoms with Crippen LogP contribution in [0.2, 0.25) is 0 Å². The number of fused-ring (bicyclic) bond motifs is 1. The second kappa shape index (κ2) is 7.02. The van der Waals surface area contributed by atoms with Crippen molar-refractivity contribution in [1.29, 1.82) is 0 Å². The number of benzene rings is 1. The number of piperidine rings is 1. The summed E-state index contributed by atoms with van der Waals surface area (Å²) in [6.07, 6.45) is 7.04. The van der Waals surface area contributed by atoms with Gasteiger partial charge in [-0.15, -0.1) is 0 Å². The summed E-state index contributed by atoms with van der Waals surface area (Å²) >= 11 is 0. The van der Waals surface area contributed by atoms with Crippen molar-refractivity contribution in [3.8, 4) is 0 Å². The zero-order valence-corrected chi connectivity index (χ0v) is 15.7. The van der Waals surface area contributed by atoms with E-state index in [-0.39, 0.29) is 5.82 Å². The van der Waals surface area contributed by atoms with Crippen molar-refractivity contribution in [3.63, 3.8) is 0 Å². The molecule has 2 aromatic rings. The van der Waals surface area contributed by atoms with Crippen molar-refractivity contribution in [2.24, 2.45) is 5.92 Å². The number of aromatic nitrogens is 1. The molecule has 4 nitrogen and oxygen atoms in total. The van der Waals surface area contributed by atoms with E-state index in [1.54, 1.807) is 6.07 Å². The topological polar surface area (TPSA) is 22.6 Å². The van der Waals surface area contributed by atoms with Crippen LogP contribution < -0.4 is 14.7 Å². The minimum atomic E-state index is -0.151. The molecule has 0 spiro atoms. The molecule has 0 saturated carbocycles. The maximum atomic E-state index is 13.7. The van der Waals surface area contributed by atoms with E-state index in [1.807, 2.05) is 18.3 Å². The lowest BCUT2D eigenvalue weighted by Gasteiger charge is -2.30. The number of nitrogens with zero attached hydrogens (tertiary/aromatic N) is 4. The van der Waals surface area contributed by atoms with E-state index >= 15 is 0 Å². The van der Waals surface area contributed by atoms with E-state index in [0.717, 1.165) is 44.2 Å². The van der Waals surface area contributed by atoms with Crippen molar-refractivity contribution in [2.75, 3.05) is 47.4 Å². The monoisotopic (exact) mass is 366 g/mol. The molecule has 142 valence electrons. The van der Waals surface area contributed by atoms with Gasteiger partial charge in [0, 0.05) is 62.3 Å². The van der Waals surface area contributed by atoms with Gasteiger partial charge < -0.3 is 14.7 Å². The Labute approximate surface area is 160 Å². The molecule has 27 heavy (non-hydrogen) atoms. The average Bonchev–Trinajstić information content (AvgIpc) is 3.30. The molecule has 0 radical (unpaired) electrons. The highest BCUT2D eigenvalue weighted by atomic mass is 19.1. The molecule has 0 bridgehead atoms. The second-order valence-electron chi connectivity index (χ2n) is 8.11. The second-order valence-corrected chi connectivity index (χ2v) is 8.11. The van der Waals surface area contributed by atoms with Crippen LogP contribution in [-0.2, 0) is 0 Å². The normalized spacial score (nSPS) is 25.1. The van der Waals surface area contributed by atoms with Crippen molar-refractivity contribution in [1.82, 2.24) is 4.98 Å². The SMILES string of the molecule is Fc1cccc(N2CC[C@@H]3CN(c4cc(N5CCCCC5)ccn4)C[C@@H]32)c1. The van der Waals surface area contributed by atoms with Crippen LogP contribution >= 0.6 is 0 Å². The van der Waals surface area contributed by atoms with Crippen LogP contribution in [0.3, 0.4) is 0 Å². The minimum Gasteiger partial charge on any atom is -0.371 e. The molecule has 0 aliphatic carbocycles. The van der Waals surface area contributed by atoms with Crippen LogP contribution in [0.5, 0.6) is 0 Å². The van der Waals surface area contributed by atoms with Crippen molar-refractivity contribution >= 4 is 17.2 Å². The molecule has 3 fully saturated rings. The van der Waals surface area contributed by atoms with E-state index < -0.39 is 0 Å². The molecule has 5 rings (SSSR count). The minimum absolute atomic E-state index is 0.151. The Kier molecular flexibility index (Phi) is 4.38. The van der Waals surface area contributed by atoms with Crippen molar-refractivity contribution in [3.05, 3.63) is 48.4 Å². The molecule has 5 heteroatoms. The molecule has 3 aliphatic heterocycles. The predicted molar refractivity (Wildman–Crippen MR) is 108 cm³/mol. The lowest BCUT2D eigenvalue weighted by atomic mass is 10.1. The molecule has 4 heterocycles. The summed E-state index contributed by atoms with van der Waals surface area (Å²) in [4.78, 5) is 12.0. The fraction of sp³-hybridized carbons (Fsp3) is 0.500. The van der Waals surface area contributed by atoms with Gasteiger partial charge in [-0.2, -0.15) is 0 Å². The molecule has 0 amide bonds. The first-order valence-electron chi connectivity index (χ1n) is 10.3. The van der Waals surface area contributed by atoms with Gasteiger partial charge in [-0.25, -0.2) is 9.37 Å². The van der Waals surface area contributed by atoms with Crippen LogP contribution in [0, 0.1) is 11.7 Å². The van der Waals surface area contributed by atoms with Gasteiger partial charge in [0.1, 0.15) is 11.6 Å². The van der Waals surface area contributed by atoms with Gasteiger partial charge in [-0.1, -0.05) is 6.07 Å². The third-order valence-corrected chi connectivity index (χ3v) is 6.46. The average molecular weight is 366 g/mol. The van der Waals surface area contributed by atoms with Crippen LogP contribution in [-0.4, -0.2) is 43.7 Å². The quantitative estimate of drug-likeness (QED) is 0.821. The fourth-order valence-corrected chi connectivity index (χ4v) is 5.05. The molecule has 0 N–H and O–H groups in total. The lowest BCUT2D eigenvalue weighted by Crippen LogP contribution is -2.35. The smallest absolute Gasteiger partial charge is 0.130 e. The molecule has 3 aliphatic rings. The Balaban J connectivity index is 1.33. The molecular formula is C22H27FN4.